The maximum absolute atomic E-state index is 10.4. The molecule has 0 aliphatic heterocycles. The van der Waals surface area contributed by atoms with E-state index in [1.807, 2.05) is 30.3 Å². The number of rotatable bonds is 1. The van der Waals surface area contributed by atoms with Gasteiger partial charge in [-0.25, -0.2) is 4.79 Å². The minimum absolute atomic E-state index is 0.661. The van der Waals surface area contributed by atoms with Crippen molar-refractivity contribution in [1.29, 1.82) is 0 Å². The van der Waals surface area contributed by atoms with E-state index in [2.05, 4.69) is 4.98 Å². The zero-order chi connectivity index (χ0) is 9.26. The predicted octanol–water partition coefficient (Wildman–Crippen LogP) is 2.94. The summed E-state index contributed by atoms with van der Waals surface area (Å²) in [4.78, 5) is 13.4. The van der Waals surface area contributed by atoms with Crippen LogP contribution in [0.2, 0.25) is 0 Å². The van der Waals surface area contributed by atoms with E-state index in [4.69, 9.17) is 5.11 Å². The first-order chi connectivity index (χ1) is 6.25. The van der Waals surface area contributed by atoms with Crippen LogP contribution in [0.15, 0.2) is 35.4 Å². The molecule has 0 fully saturated rings. The van der Waals surface area contributed by atoms with Gasteiger partial charge >= 0.3 is 5.30 Å². The van der Waals surface area contributed by atoms with Crippen molar-refractivity contribution in [3.63, 3.8) is 0 Å². The molecule has 3 nitrogen and oxygen atoms in total. The predicted molar refractivity (Wildman–Crippen MR) is 52.2 cm³/mol. The number of H-pyrrole nitrogens is 1. The molecule has 0 aliphatic rings. The van der Waals surface area contributed by atoms with Crippen molar-refractivity contribution >= 4 is 28.0 Å². The molecule has 13 heavy (non-hydrogen) atoms. The van der Waals surface area contributed by atoms with E-state index in [9.17, 15) is 4.79 Å². The first-order valence-corrected chi connectivity index (χ1v) is 4.56. The molecule has 4 heteroatoms. The van der Waals surface area contributed by atoms with Crippen LogP contribution in [0.1, 0.15) is 0 Å². The second-order valence-corrected chi connectivity index (χ2v) is 3.58. The normalized spacial score (nSPS) is 10.5. The van der Waals surface area contributed by atoms with E-state index in [-0.39, 0.29) is 0 Å². The average molecular weight is 193 g/mol. The minimum Gasteiger partial charge on any atom is -0.473 e. The van der Waals surface area contributed by atoms with Crippen molar-refractivity contribution in [3.8, 4) is 0 Å². The summed E-state index contributed by atoms with van der Waals surface area (Å²) >= 11 is 0.785. The van der Waals surface area contributed by atoms with Crippen LogP contribution in [0.3, 0.4) is 0 Å². The third kappa shape index (κ3) is 1.67. The monoisotopic (exact) mass is 193 g/mol. The number of nitrogens with one attached hydrogen (secondary N) is 1. The summed E-state index contributed by atoms with van der Waals surface area (Å²) < 4.78 is 0. The number of aromatic nitrogens is 1. The van der Waals surface area contributed by atoms with Crippen LogP contribution < -0.4 is 0 Å². The lowest BCUT2D eigenvalue weighted by atomic mass is 10.3. The van der Waals surface area contributed by atoms with Crippen molar-refractivity contribution in [2.45, 2.75) is 5.03 Å². The summed E-state index contributed by atoms with van der Waals surface area (Å²) in [7, 11) is 0. The van der Waals surface area contributed by atoms with Gasteiger partial charge in [0.15, 0.2) is 0 Å². The Morgan fingerprint density at radius 1 is 1.38 bits per heavy atom. The van der Waals surface area contributed by atoms with Gasteiger partial charge < -0.3 is 10.1 Å². The van der Waals surface area contributed by atoms with Gasteiger partial charge in [-0.1, -0.05) is 18.2 Å². The van der Waals surface area contributed by atoms with Crippen LogP contribution in [-0.2, 0) is 0 Å². The fourth-order valence-electron chi connectivity index (χ4n) is 1.20. The largest absolute Gasteiger partial charge is 0.473 e. The highest BCUT2D eigenvalue weighted by molar-refractivity contribution is 8.13. The molecule has 0 saturated carbocycles. The minimum atomic E-state index is -0.897. The van der Waals surface area contributed by atoms with Crippen LogP contribution >= 0.6 is 11.8 Å². The second kappa shape index (κ2) is 3.14. The molecule has 0 unspecified atom stereocenters. The fraction of sp³-hybridized carbons (Fsp3) is 0. The van der Waals surface area contributed by atoms with E-state index < -0.39 is 5.30 Å². The summed E-state index contributed by atoms with van der Waals surface area (Å²) in [5.74, 6) is 0. The van der Waals surface area contributed by atoms with Crippen LogP contribution in [0.5, 0.6) is 0 Å². The number of para-hydroxylation sites is 1. The molecule has 0 aliphatic carbocycles. The number of benzene rings is 1. The summed E-state index contributed by atoms with van der Waals surface area (Å²) in [6, 6.07) is 9.52. The number of carbonyl (C=O) groups is 1. The Balaban J connectivity index is 2.44. The van der Waals surface area contributed by atoms with Gasteiger partial charge in [-0.2, -0.15) is 0 Å². The third-order valence-electron chi connectivity index (χ3n) is 1.70. The average Bonchev–Trinajstić information content (AvgIpc) is 2.44. The van der Waals surface area contributed by atoms with E-state index in [1.54, 1.807) is 0 Å². The smallest absolute Gasteiger partial charge is 0.371 e. The third-order valence-corrected chi connectivity index (χ3v) is 2.32. The van der Waals surface area contributed by atoms with Gasteiger partial charge in [0.2, 0.25) is 0 Å². The Bertz CT molecular complexity index is 417. The zero-order valence-electron chi connectivity index (χ0n) is 6.65. The standard InChI is InChI=1S/C9H7NO2S/c11-9(12)13-8-5-6-3-1-2-4-7(6)10-8/h1-5,10H,(H,11,12). The zero-order valence-corrected chi connectivity index (χ0v) is 7.47. The molecule has 0 amide bonds. The van der Waals surface area contributed by atoms with E-state index in [0.29, 0.717) is 5.03 Å². The lowest BCUT2D eigenvalue weighted by Crippen LogP contribution is -1.81. The Hall–Kier alpha value is -1.42. The number of carboxylic acid groups (broad SMARTS) is 1. The molecule has 1 aromatic heterocycles. The number of fused-ring (bicyclic) bond motifs is 1. The summed E-state index contributed by atoms with van der Waals surface area (Å²) in [5, 5.41) is 9.33. The van der Waals surface area contributed by atoms with Crippen molar-refractivity contribution < 1.29 is 9.90 Å². The molecule has 0 atom stereocenters. The molecule has 0 radical (unpaired) electrons. The molecule has 0 bridgehead atoms. The van der Waals surface area contributed by atoms with Crippen LogP contribution in [0, 0.1) is 0 Å². The van der Waals surface area contributed by atoms with Crippen molar-refractivity contribution in [1.82, 2.24) is 4.98 Å². The number of thioether (sulfide) groups is 1. The van der Waals surface area contributed by atoms with Gasteiger partial charge in [0, 0.05) is 22.7 Å². The molecule has 1 aromatic carbocycles. The highest BCUT2D eigenvalue weighted by Crippen LogP contribution is 2.23. The molecular formula is C9H7NO2S. The number of hydrogen-bond acceptors (Lipinski definition) is 2. The molecule has 0 spiro atoms. The van der Waals surface area contributed by atoms with Crippen LogP contribution in [-0.4, -0.2) is 15.4 Å². The lowest BCUT2D eigenvalue weighted by molar-refractivity contribution is 0.222. The first-order valence-electron chi connectivity index (χ1n) is 3.74. The van der Waals surface area contributed by atoms with Gasteiger partial charge in [-0.3, -0.25) is 0 Å². The molecule has 2 rings (SSSR count). The highest BCUT2D eigenvalue weighted by atomic mass is 32.2. The number of aromatic amines is 1. The fourth-order valence-corrected chi connectivity index (χ4v) is 1.73. The number of hydrogen-bond donors (Lipinski definition) is 2. The summed E-state index contributed by atoms with van der Waals surface area (Å²) in [6.45, 7) is 0. The van der Waals surface area contributed by atoms with Gasteiger partial charge in [0.25, 0.3) is 0 Å². The van der Waals surface area contributed by atoms with Crippen molar-refractivity contribution in [3.05, 3.63) is 30.3 Å². The topological polar surface area (TPSA) is 53.1 Å². The highest BCUT2D eigenvalue weighted by Gasteiger charge is 2.04. The van der Waals surface area contributed by atoms with Gasteiger partial charge in [0.1, 0.15) is 0 Å². The molecule has 66 valence electrons. The molecule has 0 saturated heterocycles. The Morgan fingerprint density at radius 3 is 2.85 bits per heavy atom. The maximum atomic E-state index is 10.4. The van der Waals surface area contributed by atoms with Gasteiger partial charge in [-0.05, 0) is 12.1 Å². The SMILES string of the molecule is O=C(O)Sc1cc2ccccc2[nH]1. The first kappa shape index (κ1) is 8.19. The van der Waals surface area contributed by atoms with Gasteiger partial charge in [-0.15, -0.1) is 0 Å². The van der Waals surface area contributed by atoms with Crippen molar-refractivity contribution in [2.75, 3.05) is 0 Å². The molecular weight excluding hydrogens is 186 g/mol. The summed E-state index contributed by atoms with van der Waals surface area (Å²) in [6.07, 6.45) is 0. The lowest BCUT2D eigenvalue weighted by Gasteiger charge is -1.87. The Labute approximate surface area is 78.8 Å². The van der Waals surface area contributed by atoms with E-state index in [1.165, 1.54) is 0 Å². The van der Waals surface area contributed by atoms with Crippen LogP contribution in [0.25, 0.3) is 10.9 Å². The summed E-state index contributed by atoms with van der Waals surface area (Å²) in [5.41, 5.74) is 0.964. The van der Waals surface area contributed by atoms with Crippen LogP contribution in [0.4, 0.5) is 4.79 Å². The van der Waals surface area contributed by atoms with Crippen molar-refractivity contribution in [2.24, 2.45) is 0 Å². The molecule has 2 N–H and O–H groups in total. The Morgan fingerprint density at radius 2 is 2.15 bits per heavy atom. The maximum Gasteiger partial charge on any atom is 0.371 e. The molecule has 1 heterocycles. The quantitative estimate of drug-likeness (QED) is 0.684. The Kier molecular flexibility index (Phi) is 1.98. The second-order valence-electron chi connectivity index (χ2n) is 2.59. The molecule has 2 aromatic rings. The van der Waals surface area contributed by atoms with Gasteiger partial charge in [0.05, 0.1) is 5.03 Å². The van der Waals surface area contributed by atoms with E-state index >= 15 is 0 Å². The van der Waals surface area contributed by atoms with E-state index in [0.717, 1.165) is 22.7 Å².